The molecule has 4 heteroatoms. The molecule has 1 rings (SSSR count). The van der Waals surface area contributed by atoms with Crippen molar-refractivity contribution in [2.75, 3.05) is 18.5 Å². The molecule has 1 N–H and O–H groups in total. The van der Waals surface area contributed by atoms with Gasteiger partial charge in [-0.1, -0.05) is 20.3 Å². The van der Waals surface area contributed by atoms with Gasteiger partial charge in [0, 0.05) is 6.54 Å². The predicted molar refractivity (Wildman–Crippen MR) is 66.0 cm³/mol. The summed E-state index contributed by atoms with van der Waals surface area (Å²) in [6.07, 6.45) is 4.56. The van der Waals surface area contributed by atoms with Gasteiger partial charge in [-0.3, -0.25) is 0 Å². The quantitative estimate of drug-likeness (QED) is 0.772. The van der Waals surface area contributed by atoms with Crippen LogP contribution in [0.1, 0.15) is 39.2 Å². The van der Waals surface area contributed by atoms with Crippen LogP contribution in [0.2, 0.25) is 0 Å². The first-order valence-corrected chi connectivity index (χ1v) is 6.03. The summed E-state index contributed by atoms with van der Waals surface area (Å²) in [6, 6.07) is 0. The van der Waals surface area contributed by atoms with E-state index in [0.29, 0.717) is 6.61 Å². The molecule has 0 saturated heterocycles. The second kappa shape index (κ2) is 7.04. The third-order valence-corrected chi connectivity index (χ3v) is 2.19. The topological polar surface area (TPSA) is 47.0 Å². The number of anilines is 1. The molecule has 0 unspecified atom stereocenters. The highest BCUT2D eigenvalue weighted by Gasteiger charge is 2.10. The van der Waals surface area contributed by atoms with Crippen molar-refractivity contribution >= 4 is 5.82 Å². The zero-order valence-corrected chi connectivity index (χ0v) is 10.4. The Morgan fingerprint density at radius 1 is 1.19 bits per heavy atom. The van der Waals surface area contributed by atoms with E-state index in [1.807, 2.05) is 0 Å². The van der Waals surface area contributed by atoms with Gasteiger partial charge in [-0.25, -0.2) is 9.97 Å². The minimum absolute atomic E-state index is 0.708. The summed E-state index contributed by atoms with van der Waals surface area (Å²) in [6.45, 7) is 7.86. The standard InChI is InChI=1S/C12H21N3O/c1-4-7-10-11(13-6-3)14-9-15-12(10)16-8-5-2/h9H,4-8H2,1-3H3,(H,13,14,15). The van der Waals surface area contributed by atoms with E-state index >= 15 is 0 Å². The van der Waals surface area contributed by atoms with Crippen LogP contribution in [0.4, 0.5) is 5.82 Å². The molecule has 1 aromatic rings. The van der Waals surface area contributed by atoms with Crippen molar-refractivity contribution in [1.82, 2.24) is 9.97 Å². The van der Waals surface area contributed by atoms with Crippen LogP contribution < -0.4 is 10.1 Å². The molecule has 90 valence electrons. The Hall–Kier alpha value is -1.32. The van der Waals surface area contributed by atoms with E-state index in [0.717, 1.165) is 43.1 Å². The molecule has 0 bridgehead atoms. The lowest BCUT2D eigenvalue weighted by Gasteiger charge is -2.13. The predicted octanol–water partition coefficient (Wildman–Crippen LogP) is 2.65. The first-order valence-electron chi connectivity index (χ1n) is 6.03. The zero-order valence-electron chi connectivity index (χ0n) is 10.4. The van der Waals surface area contributed by atoms with Gasteiger partial charge in [0.2, 0.25) is 5.88 Å². The fourth-order valence-electron chi connectivity index (χ4n) is 1.51. The maximum absolute atomic E-state index is 5.63. The number of nitrogens with zero attached hydrogens (tertiary/aromatic N) is 2. The third kappa shape index (κ3) is 3.36. The van der Waals surface area contributed by atoms with Crippen molar-refractivity contribution in [1.29, 1.82) is 0 Å². The molecular formula is C12H21N3O. The van der Waals surface area contributed by atoms with Gasteiger partial charge in [-0.15, -0.1) is 0 Å². The van der Waals surface area contributed by atoms with Crippen molar-refractivity contribution < 1.29 is 4.74 Å². The maximum Gasteiger partial charge on any atom is 0.221 e. The van der Waals surface area contributed by atoms with Gasteiger partial charge in [0.05, 0.1) is 12.2 Å². The van der Waals surface area contributed by atoms with Crippen molar-refractivity contribution in [2.45, 2.75) is 40.0 Å². The van der Waals surface area contributed by atoms with E-state index in [1.54, 1.807) is 6.33 Å². The summed E-state index contributed by atoms with van der Waals surface area (Å²) in [5.41, 5.74) is 1.10. The molecule has 0 aliphatic carbocycles. The third-order valence-electron chi connectivity index (χ3n) is 2.19. The fourth-order valence-corrected chi connectivity index (χ4v) is 1.51. The van der Waals surface area contributed by atoms with Crippen molar-refractivity contribution in [3.63, 3.8) is 0 Å². The fraction of sp³-hybridized carbons (Fsp3) is 0.667. The summed E-state index contributed by atoms with van der Waals surface area (Å²) in [5, 5.41) is 3.25. The molecule has 0 atom stereocenters. The van der Waals surface area contributed by atoms with Crippen molar-refractivity contribution in [3.8, 4) is 5.88 Å². The lowest BCUT2D eigenvalue weighted by molar-refractivity contribution is 0.301. The van der Waals surface area contributed by atoms with Gasteiger partial charge in [-0.2, -0.15) is 0 Å². The van der Waals surface area contributed by atoms with Gasteiger partial charge in [0.1, 0.15) is 12.1 Å². The lowest BCUT2D eigenvalue weighted by atomic mass is 10.1. The lowest BCUT2D eigenvalue weighted by Crippen LogP contribution is -2.08. The molecule has 0 radical (unpaired) electrons. The Kier molecular flexibility index (Phi) is 5.61. The van der Waals surface area contributed by atoms with Gasteiger partial charge in [-0.05, 0) is 19.8 Å². The molecule has 0 amide bonds. The van der Waals surface area contributed by atoms with Crippen LogP contribution in [-0.4, -0.2) is 23.1 Å². The number of rotatable bonds is 7. The molecule has 0 aromatic carbocycles. The van der Waals surface area contributed by atoms with Crippen LogP contribution in [0.15, 0.2) is 6.33 Å². The monoisotopic (exact) mass is 223 g/mol. The van der Waals surface area contributed by atoms with E-state index < -0.39 is 0 Å². The second-order valence-corrected chi connectivity index (χ2v) is 3.63. The Morgan fingerprint density at radius 3 is 2.62 bits per heavy atom. The Morgan fingerprint density at radius 2 is 2.00 bits per heavy atom. The van der Waals surface area contributed by atoms with Crippen molar-refractivity contribution in [3.05, 3.63) is 11.9 Å². The minimum Gasteiger partial charge on any atom is -0.477 e. The van der Waals surface area contributed by atoms with E-state index in [2.05, 4.69) is 36.1 Å². The van der Waals surface area contributed by atoms with Gasteiger partial charge in [0.15, 0.2) is 0 Å². The number of hydrogen-bond acceptors (Lipinski definition) is 4. The van der Waals surface area contributed by atoms with E-state index in [4.69, 9.17) is 4.74 Å². The summed E-state index contributed by atoms with van der Waals surface area (Å²) in [5.74, 6) is 1.64. The summed E-state index contributed by atoms with van der Waals surface area (Å²) in [4.78, 5) is 8.46. The summed E-state index contributed by atoms with van der Waals surface area (Å²) < 4.78 is 5.63. The first-order chi connectivity index (χ1) is 7.83. The van der Waals surface area contributed by atoms with Crippen LogP contribution in [0.25, 0.3) is 0 Å². The van der Waals surface area contributed by atoms with Crippen LogP contribution >= 0.6 is 0 Å². The molecular weight excluding hydrogens is 202 g/mol. The number of ether oxygens (including phenoxy) is 1. The maximum atomic E-state index is 5.63. The zero-order chi connectivity index (χ0) is 11.8. The van der Waals surface area contributed by atoms with Crippen LogP contribution in [0, 0.1) is 0 Å². The van der Waals surface area contributed by atoms with Gasteiger partial charge < -0.3 is 10.1 Å². The minimum atomic E-state index is 0.708. The molecule has 0 aliphatic rings. The second-order valence-electron chi connectivity index (χ2n) is 3.63. The molecule has 0 fully saturated rings. The number of hydrogen-bond donors (Lipinski definition) is 1. The average Bonchev–Trinajstić information content (AvgIpc) is 2.30. The van der Waals surface area contributed by atoms with E-state index in [1.165, 1.54) is 0 Å². The van der Waals surface area contributed by atoms with Gasteiger partial charge in [0.25, 0.3) is 0 Å². The smallest absolute Gasteiger partial charge is 0.221 e. The largest absolute Gasteiger partial charge is 0.477 e. The van der Waals surface area contributed by atoms with E-state index in [-0.39, 0.29) is 0 Å². The molecule has 16 heavy (non-hydrogen) atoms. The highest BCUT2D eigenvalue weighted by Crippen LogP contribution is 2.23. The molecule has 1 aromatic heterocycles. The Labute approximate surface area is 97.5 Å². The molecule has 0 saturated carbocycles. The van der Waals surface area contributed by atoms with Crippen molar-refractivity contribution in [2.24, 2.45) is 0 Å². The SMILES string of the molecule is CCCOc1ncnc(NCC)c1CCC. The molecule has 0 spiro atoms. The average molecular weight is 223 g/mol. The first kappa shape index (κ1) is 12.7. The van der Waals surface area contributed by atoms with Crippen LogP contribution in [0.5, 0.6) is 5.88 Å². The highest BCUT2D eigenvalue weighted by atomic mass is 16.5. The Balaban J connectivity index is 2.90. The van der Waals surface area contributed by atoms with E-state index in [9.17, 15) is 0 Å². The highest BCUT2D eigenvalue weighted by molar-refractivity contribution is 5.48. The normalized spacial score (nSPS) is 10.2. The molecule has 1 heterocycles. The van der Waals surface area contributed by atoms with Crippen LogP contribution in [-0.2, 0) is 6.42 Å². The summed E-state index contributed by atoms with van der Waals surface area (Å²) in [7, 11) is 0. The summed E-state index contributed by atoms with van der Waals surface area (Å²) >= 11 is 0. The molecule has 4 nitrogen and oxygen atoms in total. The number of nitrogens with one attached hydrogen (secondary N) is 1. The number of aromatic nitrogens is 2. The van der Waals surface area contributed by atoms with Gasteiger partial charge >= 0.3 is 0 Å². The Bertz CT molecular complexity index is 315. The van der Waals surface area contributed by atoms with Crippen LogP contribution in [0.3, 0.4) is 0 Å². The molecule has 0 aliphatic heterocycles.